The molecule has 1 saturated heterocycles. The molecule has 0 unspecified atom stereocenters. The number of ether oxygens (including phenoxy) is 2. The predicted octanol–water partition coefficient (Wildman–Crippen LogP) is 5.38. The summed E-state index contributed by atoms with van der Waals surface area (Å²) in [6.07, 6.45) is 3.77. The number of carbonyl (C=O) groups is 1. The molecule has 1 aliphatic rings. The fraction of sp³-hybridized carbons (Fsp3) is 0.435. The molecule has 1 aliphatic heterocycles. The van der Waals surface area contributed by atoms with Gasteiger partial charge < -0.3 is 14.4 Å². The van der Waals surface area contributed by atoms with E-state index in [-0.39, 0.29) is 6.09 Å². The van der Waals surface area contributed by atoms with E-state index >= 15 is 0 Å². The second kappa shape index (κ2) is 10.0. The standard InChI is InChI=1S/C23H29NO3/c1-2-3-17-26-23(25)24-15-13-21(14-16-24)20-9-11-22(12-10-20)27-18-19-7-5-4-6-8-19/h4-12,21H,2-3,13-18H2,1H3. The number of nitrogens with zero attached hydrogens (tertiary/aromatic N) is 1. The van der Waals surface area contributed by atoms with Crippen molar-refractivity contribution in [2.75, 3.05) is 19.7 Å². The smallest absolute Gasteiger partial charge is 0.409 e. The molecule has 0 radical (unpaired) electrons. The van der Waals surface area contributed by atoms with Crippen molar-refractivity contribution in [1.29, 1.82) is 0 Å². The second-order valence-electron chi connectivity index (χ2n) is 7.07. The van der Waals surface area contributed by atoms with Gasteiger partial charge in [-0.25, -0.2) is 4.79 Å². The zero-order valence-corrected chi connectivity index (χ0v) is 16.1. The lowest BCUT2D eigenvalue weighted by molar-refractivity contribution is 0.0916. The van der Waals surface area contributed by atoms with Gasteiger partial charge in [-0.05, 0) is 48.4 Å². The zero-order valence-electron chi connectivity index (χ0n) is 16.1. The van der Waals surface area contributed by atoms with Gasteiger partial charge >= 0.3 is 6.09 Å². The molecule has 1 fully saturated rings. The lowest BCUT2D eigenvalue weighted by Gasteiger charge is -2.31. The van der Waals surface area contributed by atoms with Crippen LogP contribution in [0.15, 0.2) is 54.6 Å². The molecular formula is C23H29NO3. The number of hydrogen-bond acceptors (Lipinski definition) is 3. The van der Waals surface area contributed by atoms with Crippen LogP contribution in [0.1, 0.15) is 49.7 Å². The SMILES string of the molecule is CCCCOC(=O)N1CCC(c2ccc(OCc3ccccc3)cc2)CC1. The average Bonchev–Trinajstić information content (AvgIpc) is 2.74. The fourth-order valence-electron chi connectivity index (χ4n) is 3.37. The zero-order chi connectivity index (χ0) is 18.9. The van der Waals surface area contributed by atoms with Crippen molar-refractivity contribution in [3.05, 3.63) is 65.7 Å². The number of piperidine rings is 1. The summed E-state index contributed by atoms with van der Waals surface area (Å²) in [4.78, 5) is 13.9. The van der Waals surface area contributed by atoms with Gasteiger partial charge in [0, 0.05) is 13.1 Å². The summed E-state index contributed by atoms with van der Waals surface area (Å²) in [5.41, 5.74) is 2.49. The van der Waals surface area contributed by atoms with Gasteiger partial charge in [-0.3, -0.25) is 0 Å². The Hall–Kier alpha value is -2.49. The molecule has 2 aromatic rings. The largest absolute Gasteiger partial charge is 0.489 e. The van der Waals surface area contributed by atoms with Gasteiger partial charge in [-0.2, -0.15) is 0 Å². The van der Waals surface area contributed by atoms with Gasteiger partial charge in [0.15, 0.2) is 0 Å². The summed E-state index contributed by atoms with van der Waals surface area (Å²) in [5.74, 6) is 1.38. The van der Waals surface area contributed by atoms with Gasteiger partial charge in [0.1, 0.15) is 12.4 Å². The lowest BCUT2D eigenvalue weighted by Crippen LogP contribution is -2.38. The van der Waals surface area contributed by atoms with Crippen molar-refractivity contribution in [1.82, 2.24) is 4.90 Å². The molecule has 4 nitrogen and oxygen atoms in total. The first-order valence-corrected chi connectivity index (χ1v) is 9.94. The Morgan fingerprint density at radius 2 is 1.74 bits per heavy atom. The van der Waals surface area contributed by atoms with E-state index in [0.29, 0.717) is 19.1 Å². The Morgan fingerprint density at radius 3 is 2.41 bits per heavy atom. The second-order valence-corrected chi connectivity index (χ2v) is 7.07. The first kappa shape index (κ1) is 19.3. The minimum Gasteiger partial charge on any atom is -0.489 e. The van der Waals surface area contributed by atoms with Gasteiger partial charge in [0.25, 0.3) is 0 Å². The van der Waals surface area contributed by atoms with Crippen LogP contribution in [0.3, 0.4) is 0 Å². The van der Waals surface area contributed by atoms with Crippen molar-refractivity contribution in [2.24, 2.45) is 0 Å². The first-order valence-electron chi connectivity index (χ1n) is 9.94. The number of amides is 1. The topological polar surface area (TPSA) is 38.8 Å². The Bertz CT molecular complexity index is 691. The molecule has 0 aliphatic carbocycles. The fourth-order valence-corrected chi connectivity index (χ4v) is 3.37. The van der Waals surface area contributed by atoms with Crippen LogP contribution in [0.5, 0.6) is 5.75 Å². The summed E-state index contributed by atoms with van der Waals surface area (Å²) < 4.78 is 11.2. The molecule has 0 spiro atoms. The summed E-state index contributed by atoms with van der Waals surface area (Å²) in [6.45, 7) is 4.74. The molecule has 0 atom stereocenters. The molecule has 4 heteroatoms. The van der Waals surface area contributed by atoms with Crippen LogP contribution in [0.2, 0.25) is 0 Å². The predicted molar refractivity (Wildman–Crippen MR) is 107 cm³/mol. The molecule has 0 aromatic heterocycles. The first-order chi connectivity index (χ1) is 13.3. The van der Waals surface area contributed by atoms with E-state index in [4.69, 9.17) is 9.47 Å². The van der Waals surface area contributed by atoms with E-state index in [1.807, 2.05) is 35.2 Å². The molecule has 0 saturated carbocycles. The highest BCUT2D eigenvalue weighted by molar-refractivity contribution is 5.67. The highest BCUT2D eigenvalue weighted by Gasteiger charge is 2.24. The summed E-state index contributed by atoms with van der Waals surface area (Å²) >= 11 is 0. The van der Waals surface area contributed by atoms with Crippen molar-refractivity contribution < 1.29 is 14.3 Å². The van der Waals surface area contributed by atoms with Gasteiger partial charge in [-0.1, -0.05) is 55.8 Å². The highest BCUT2D eigenvalue weighted by atomic mass is 16.6. The Kier molecular flexibility index (Phi) is 7.14. The average molecular weight is 367 g/mol. The van der Waals surface area contributed by atoms with Crippen LogP contribution in [-0.4, -0.2) is 30.7 Å². The number of benzene rings is 2. The minimum atomic E-state index is -0.161. The molecule has 0 N–H and O–H groups in total. The number of hydrogen-bond donors (Lipinski definition) is 0. The van der Waals surface area contributed by atoms with E-state index in [1.165, 1.54) is 11.1 Å². The van der Waals surface area contributed by atoms with E-state index in [1.54, 1.807) is 0 Å². The van der Waals surface area contributed by atoms with Gasteiger partial charge in [0.2, 0.25) is 0 Å². The molecule has 1 amide bonds. The van der Waals surface area contributed by atoms with E-state index in [0.717, 1.165) is 44.5 Å². The molecule has 2 aromatic carbocycles. The van der Waals surface area contributed by atoms with Gasteiger partial charge in [-0.15, -0.1) is 0 Å². The van der Waals surface area contributed by atoms with Crippen molar-refractivity contribution in [2.45, 2.75) is 45.1 Å². The molecule has 1 heterocycles. The number of likely N-dealkylation sites (tertiary alicyclic amines) is 1. The van der Waals surface area contributed by atoms with Crippen LogP contribution in [0.25, 0.3) is 0 Å². The maximum Gasteiger partial charge on any atom is 0.409 e. The van der Waals surface area contributed by atoms with E-state index < -0.39 is 0 Å². The van der Waals surface area contributed by atoms with Gasteiger partial charge in [0.05, 0.1) is 6.61 Å². The number of carbonyl (C=O) groups excluding carboxylic acids is 1. The van der Waals surface area contributed by atoms with Crippen LogP contribution in [-0.2, 0) is 11.3 Å². The number of unbranched alkanes of at least 4 members (excludes halogenated alkanes) is 1. The van der Waals surface area contributed by atoms with Crippen LogP contribution in [0, 0.1) is 0 Å². The third-order valence-electron chi connectivity index (χ3n) is 5.08. The third-order valence-corrected chi connectivity index (χ3v) is 5.08. The monoisotopic (exact) mass is 367 g/mol. The van der Waals surface area contributed by atoms with Crippen molar-refractivity contribution >= 4 is 6.09 Å². The molecule has 3 rings (SSSR count). The summed E-state index contributed by atoms with van der Waals surface area (Å²) in [5, 5.41) is 0. The Balaban J connectivity index is 1.45. The van der Waals surface area contributed by atoms with Crippen molar-refractivity contribution in [3.8, 4) is 5.75 Å². The van der Waals surface area contributed by atoms with E-state index in [2.05, 4.69) is 31.2 Å². The molecular weight excluding hydrogens is 338 g/mol. The Morgan fingerprint density at radius 1 is 1.04 bits per heavy atom. The maximum absolute atomic E-state index is 12.0. The van der Waals surface area contributed by atoms with Crippen LogP contribution < -0.4 is 4.74 Å². The summed E-state index contributed by atoms with van der Waals surface area (Å²) in [7, 11) is 0. The summed E-state index contributed by atoms with van der Waals surface area (Å²) in [6, 6.07) is 18.6. The molecule has 144 valence electrons. The quantitative estimate of drug-likeness (QED) is 0.617. The Labute approximate surface area is 162 Å². The maximum atomic E-state index is 12.0. The third kappa shape index (κ3) is 5.75. The normalized spacial score (nSPS) is 14.8. The number of rotatable bonds is 7. The van der Waals surface area contributed by atoms with Crippen LogP contribution in [0.4, 0.5) is 4.79 Å². The lowest BCUT2D eigenvalue weighted by atomic mass is 9.89. The van der Waals surface area contributed by atoms with Crippen molar-refractivity contribution in [3.63, 3.8) is 0 Å². The van der Waals surface area contributed by atoms with E-state index in [9.17, 15) is 4.79 Å². The highest BCUT2D eigenvalue weighted by Crippen LogP contribution is 2.29. The minimum absolute atomic E-state index is 0.161. The molecule has 0 bridgehead atoms. The molecule has 27 heavy (non-hydrogen) atoms. The van der Waals surface area contributed by atoms with Crippen LogP contribution >= 0.6 is 0 Å².